The molecule has 146 valence electrons. The number of hydrogen-bond acceptors (Lipinski definition) is 4. The first kappa shape index (κ1) is 17.7. The Kier molecular flexibility index (Phi) is 4.10. The van der Waals surface area contributed by atoms with Crippen molar-refractivity contribution in [3.05, 3.63) is 11.6 Å². The molecule has 6 atom stereocenters. The Balaban J connectivity index is 1.48. The maximum atomic E-state index is 10.6. The molecule has 4 heteroatoms. The van der Waals surface area contributed by atoms with E-state index in [2.05, 4.69) is 13.0 Å². The molecule has 0 radical (unpaired) electrons. The summed E-state index contributed by atoms with van der Waals surface area (Å²) in [4.78, 5) is 0. The Labute approximate surface area is 157 Å². The smallest absolute Gasteiger partial charge is 0.174 e. The van der Waals surface area contributed by atoms with Crippen molar-refractivity contribution in [2.45, 2.75) is 70.2 Å². The molecule has 0 aromatic rings. The van der Waals surface area contributed by atoms with E-state index in [1.165, 1.54) is 24.8 Å². The van der Waals surface area contributed by atoms with Gasteiger partial charge in [0.15, 0.2) is 5.79 Å². The molecular formula is C22H34O4. The molecule has 1 spiro atoms. The Hall–Kier alpha value is -0.420. The van der Waals surface area contributed by atoms with Crippen molar-refractivity contribution in [3.8, 4) is 0 Å². The number of fused-ring (bicyclic) bond motifs is 6. The summed E-state index contributed by atoms with van der Waals surface area (Å²) in [7, 11) is 1.83. The minimum atomic E-state index is -0.327. The highest BCUT2D eigenvalue weighted by molar-refractivity contribution is 5.27. The predicted molar refractivity (Wildman–Crippen MR) is 98.5 cm³/mol. The molecule has 5 aliphatic rings. The molecule has 5 rings (SSSR count). The van der Waals surface area contributed by atoms with Crippen molar-refractivity contribution in [2.24, 2.45) is 28.6 Å². The minimum absolute atomic E-state index is 0.00637. The van der Waals surface area contributed by atoms with E-state index in [1.807, 2.05) is 7.11 Å². The quantitative estimate of drug-likeness (QED) is 0.761. The number of ether oxygens (including phenoxy) is 3. The van der Waals surface area contributed by atoms with Gasteiger partial charge in [-0.25, -0.2) is 0 Å². The number of methoxy groups -OCH3 is 1. The van der Waals surface area contributed by atoms with E-state index in [0.29, 0.717) is 30.5 Å². The highest BCUT2D eigenvalue weighted by Crippen LogP contribution is 2.68. The van der Waals surface area contributed by atoms with E-state index in [1.54, 1.807) is 0 Å². The molecule has 1 heterocycles. The van der Waals surface area contributed by atoms with Crippen LogP contribution in [0, 0.1) is 28.6 Å². The number of aliphatic hydroxyl groups excluding tert-OH is 1. The molecule has 4 aliphatic carbocycles. The van der Waals surface area contributed by atoms with E-state index < -0.39 is 0 Å². The fourth-order valence-electron chi connectivity index (χ4n) is 7.81. The van der Waals surface area contributed by atoms with Crippen molar-refractivity contribution in [1.82, 2.24) is 0 Å². The van der Waals surface area contributed by atoms with Gasteiger partial charge in [0.1, 0.15) is 0 Å². The zero-order valence-electron chi connectivity index (χ0n) is 16.3. The van der Waals surface area contributed by atoms with Gasteiger partial charge in [-0.2, -0.15) is 0 Å². The van der Waals surface area contributed by atoms with Gasteiger partial charge < -0.3 is 19.3 Å². The first-order valence-electron chi connectivity index (χ1n) is 10.7. The highest BCUT2D eigenvalue weighted by atomic mass is 16.7. The average Bonchev–Trinajstić information content (AvgIpc) is 3.27. The summed E-state index contributed by atoms with van der Waals surface area (Å²) in [6.07, 6.45) is 11.8. The maximum Gasteiger partial charge on any atom is 0.174 e. The highest BCUT2D eigenvalue weighted by Gasteiger charge is 2.67. The molecule has 4 fully saturated rings. The third-order valence-electron chi connectivity index (χ3n) is 9.20. The average molecular weight is 363 g/mol. The van der Waals surface area contributed by atoms with Gasteiger partial charge in [-0.05, 0) is 62.7 Å². The van der Waals surface area contributed by atoms with Crippen LogP contribution in [0.1, 0.15) is 58.3 Å². The van der Waals surface area contributed by atoms with Crippen LogP contribution in [0.15, 0.2) is 11.6 Å². The van der Waals surface area contributed by atoms with Gasteiger partial charge in [0.05, 0.1) is 25.9 Å². The van der Waals surface area contributed by atoms with Gasteiger partial charge in [-0.3, -0.25) is 0 Å². The molecule has 6 unspecified atom stereocenters. The molecular weight excluding hydrogens is 328 g/mol. The molecule has 1 N–H and O–H groups in total. The Morgan fingerprint density at radius 3 is 2.62 bits per heavy atom. The van der Waals surface area contributed by atoms with E-state index in [4.69, 9.17) is 14.2 Å². The predicted octanol–water partition coefficient (Wildman–Crippen LogP) is 3.68. The normalized spacial score (nSPS) is 49.4. The van der Waals surface area contributed by atoms with Crippen molar-refractivity contribution >= 4 is 0 Å². The second-order valence-corrected chi connectivity index (χ2v) is 9.70. The van der Waals surface area contributed by atoms with Gasteiger partial charge in [0, 0.05) is 24.4 Å². The maximum absolute atomic E-state index is 10.6. The lowest BCUT2D eigenvalue weighted by atomic mass is 9.47. The summed E-state index contributed by atoms with van der Waals surface area (Å²) < 4.78 is 18.1. The standard InChI is InChI=1S/C22H34O4/c1-20-8-6-19-17(18(20)7-10-22(20)25-11-12-26-22)4-3-15-13-16(24-2)5-9-21(15,19)14-23/h3,16-19,23H,4-14H2,1-2H3. The zero-order valence-corrected chi connectivity index (χ0v) is 16.3. The Morgan fingerprint density at radius 1 is 1.12 bits per heavy atom. The van der Waals surface area contributed by atoms with E-state index >= 15 is 0 Å². The van der Waals surface area contributed by atoms with Crippen LogP contribution in [0.3, 0.4) is 0 Å². The van der Waals surface area contributed by atoms with Gasteiger partial charge in [-0.15, -0.1) is 0 Å². The Morgan fingerprint density at radius 2 is 1.88 bits per heavy atom. The molecule has 1 aliphatic heterocycles. The second-order valence-electron chi connectivity index (χ2n) is 9.70. The molecule has 1 saturated heterocycles. The number of hydrogen-bond donors (Lipinski definition) is 1. The summed E-state index contributed by atoms with van der Waals surface area (Å²) in [6.45, 7) is 4.23. The topological polar surface area (TPSA) is 47.9 Å². The first-order chi connectivity index (χ1) is 12.6. The fourth-order valence-corrected chi connectivity index (χ4v) is 7.81. The SMILES string of the molecule is COC1CCC2(CO)C(=CCC3C2CCC2(C)C3CCC23OCCO3)C1. The molecule has 3 saturated carbocycles. The molecule has 0 aromatic carbocycles. The monoisotopic (exact) mass is 362 g/mol. The summed E-state index contributed by atoms with van der Waals surface area (Å²) >= 11 is 0. The molecule has 4 nitrogen and oxygen atoms in total. The van der Waals surface area contributed by atoms with Crippen LogP contribution in [0.5, 0.6) is 0 Å². The molecule has 0 bridgehead atoms. The van der Waals surface area contributed by atoms with Crippen LogP contribution >= 0.6 is 0 Å². The van der Waals surface area contributed by atoms with Gasteiger partial charge in [-0.1, -0.05) is 18.6 Å². The van der Waals surface area contributed by atoms with E-state index in [0.717, 1.165) is 45.3 Å². The number of allylic oxidation sites excluding steroid dienone is 1. The third kappa shape index (κ3) is 2.10. The van der Waals surface area contributed by atoms with Crippen molar-refractivity contribution in [2.75, 3.05) is 26.9 Å². The first-order valence-corrected chi connectivity index (χ1v) is 10.7. The molecule has 0 amide bonds. The van der Waals surface area contributed by atoms with Crippen LogP contribution in [-0.2, 0) is 14.2 Å². The second kappa shape index (κ2) is 6.04. The molecule has 26 heavy (non-hydrogen) atoms. The van der Waals surface area contributed by atoms with Crippen molar-refractivity contribution < 1.29 is 19.3 Å². The van der Waals surface area contributed by atoms with Gasteiger partial charge in [0.2, 0.25) is 0 Å². The van der Waals surface area contributed by atoms with Crippen molar-refractivity contribution in [3.63, 3.8) is 0 Å². The van der Waals surface area contributed by atoms with Crippen LogP contribution in [0.2, 0.25) is 0 Å². The lowest BCUT2D eigenvalue weighted by molar-refractivity contribution is -0.243. The van der Waals surface area contributed by atoms with Crippen LogP contribution in [0.4, 0.5) is 0 Å². The lowest BCUT2D eigenvalue weighted by Gasteiger charge is -2.59. The van der Waals surface area contributed by atoms with Crippen LogP contribution in [0.25, 0.3) is 0 Å². The fraction of sp³-hybridized carbons (Fsp3) is 0.909. The number of aliphatic hydroxyl groups is 1. The third-order valence-corrected chi connectivity index (χ3v) is 9.20. The van der Waals surface area contributed by atoms with Gasteiger partial charge in [0.25, 0.3) is 0 Å². The van der Waals surface area contributed by atoms with Crippen LogP contribution < -0.4 is 0 Å². The van der Waals surface area contributed by atoms with E-state index in [9.17, 15) is 5.11 Å². The summed E-state index contributed by atoms with van der Waals surface area (Å²) in [5, 5.41) is 10.6. The summed E-state index contributed by atoms with van der Waals surface area (Å²) in [5.74, 6) is 1.60. The lowest BCUT2D eigenvalue weighted by Crippen LogP contribution is -2.56. The summed E-state index contributed by atoms with van der Waals surface area (Å²) in [6, 6.07) is 0. The largest absolute Gasteiger partial charge is 0.395 e. The zero-order chi connectivity index (χ0) is 18.0. The van der Waals surface area contributed by atoms with Crippen molar-refractivity contribution in [1.29, 1.82) is 0 Å². The Bertz CT molecular complexity index is 595. The number of rotatable bonds is 2. The van der Waals surface area contributed by atoms with Gasteiger partial charge >= 0.3 is 0 Å². The summed E-state index contributed by atoms with van der Waals surface area (Å²) in [5.41, 5.74) is 1.63. The van der Waals surface area contributed by atoms with Crippen LogP contribution in [-0.4, -0.2) is 43.9 Å². The van der Waals surface area contributed by atoms with E-state index in [-0.39, 0.29) is 16.6 Å². The molecule has 0 aromatic heterocycles. The minimum Gasteiger partial charge on any atom is -0.395 e.